The van der Waals surface area contributed by atoms with Crippen molar-refractivity contribution in [2.75, 3.05) is 27.3 Å². The number of hydrogen-bond donors (Lipinski definition) is 2. The lowest BCUT2D eigenvalue weighted by Gasteiger charge is -2.19. The number of rotatable bonds is 8. The third-order valence-electron chi connectivity index (χ3n) is 2.72. The molecule has 1 rings (SSSR count). The molecule has 1 atom stereocenters. The van der Waals surface area contributed by atoms with E-state index in [4.69, 9.17) is 20.7 Å². The van der Waals surface area contributed by atoms with Gasteiger partial charge < -0.3 is 20.5 Å². The molecule has 0 aliphatic carbocycles. The summed E-state index contributed by atoms with van der Waals surface area (Å²) < 4.78 is 11.0. The van der Waals surface area contributed by atoms with Crippen molar-refractivity contribution in [3.8, 4) is 11.5 Å². The molecule has 114 valence electrons. The number of nitrogens with one attached hydrogen (secondary N) is 1. The van der Waals surface area contributed by atoms with Gasteiger partial charge in [0.25, 0.3) is 0 Å². The molecule has 0 radical (unpaired) electrons. The fraction of sp³-hybridized carbons (Fsp3) is 0.417. The predicted molar refractivity (Wildman–Crippen MR) is 81.2 cm³/mol. The zero-order valence-electron chi connectivity index (χ0n) is 11.7. The number of nitrogens with two attached hydrogens (primary N) is 1. The standard InChI is InChI=1S/C12H16BrN5O3/c1-20-9-5-7(8(13)6-10(9)21-2)11(12(14)19)16-3-4-17-18-15/h5-6,11,16H,3-4H2,1-2H3,(H2,14,19). The highest BCUT2D eigenvalue weighted by Crippen LogP contribution is 2.35. The molecule has 0 saturated carbocycles. The Bertz CT molecular complexity index is 560. The highest BCUT2D eigenvalue weighted by molar-refractivity contribution is 9.10. The zero-order chi connectivity index (χ0) is 15.8. The van der Waals surface area contributed by atoms with Gasteiger partial charge in [0.1, 0.15) is 6.04 Å². The maximum Gasteiger partial charge on any atom is 0.239 e. The number of ether oxygens (including phenoxy) is 2. The van der Waals surface area contributed by atoms with Crippen LogP contribution in [0, 0.1) is 0 Å². The average Bonchev–Trinajstić information content (AvgIpc) is 2.47. The number of benzene rings is 1. The Labute approximate surface area is 130 Å². The van der Waals surface area contributed by atoms with E-state index in [2.05, 4.69) is 31.3 Å². The monoisotopic (exact) mass is 357 g/mol. The van der Waals surface area contributed by atoms with Gasteiger partial charge in [-0.25, -0.2) is 0 Å². The molecule has 1 aromatic rings. The van der Waals surface area contributed by atoms with Gasteiger partial charge in [0.05, 0.1) is 14.2 Å². The average molecular weight is 358 g/mol. The van der Waals surface area contributed by atoms with Gasteiger partial charge >= 0.3 is 0 Å². The zero-order valence-corrected chi connectivity index (χ0v) is 13.3. The molecule has 0 bridgehead atoms. The molecule has 1 amide bonds. The molecule has 1 unspecified atom stereocenters. The Morgan fingerprint density at radius 1 is 1.48 bits per heavy atom. The maximum absolute atomic E-state index is 11.6. The molecule has 0 aliphatic rings. The summed E-state index contributed by atoms with van der Waals surface area (Å²) in [6.07, 6.45) is 0. The van der Waals surface area contributed by atoms with Gasteiger partial charge in [0.15, 0.2) is 11.5 Å². The van der Waals surface area contributed by atoms with Gasteiger partial charge in [0, 0.05) is 22.5 Å². The van der Waals surface area contributed by atoms with E-state index in [0.717, 1.165) is 0 Å². The van der Waals surface area contributed by atoms with Crippen molar-refractivity contribution in [2.45, 2.75) is 6.04 Å². The summed E-state index contributed by atoms with van der Waals surface area (Å²) in [4.78, 5) is 14.3. The largest absolute Gasteiger partial charge is 0.493 e. The van der Waals surface area contributed by atoms with Crippen molar-refractivity contribution in [3.05, 3.63) is 32.6 Å². The number of carbonyl (C=O) groups is 1. The second-order valence-electron chi connectivity index (χ2n) is 3.97. The van der Waals surface area contributed by atoms with Crippen LogP contribution in [-0.4, -0.2) is 33.2 Å². The van der Waals surface area contributed by atoms with E-state index < -0.39 is 11.9 Å². The number of primary amides is 1. The summed E-state index contributed by atoms with van der Waals surface area (Å²) in [5.74, 6) is 0.466. The minimum absolute atomic E-state index is 0.213. The van der Waals surface area contributed by atoms with E-state index in [0.29, 0.717) is 28.1 Å². The molecular formula is C12H16BrN5O3. The number of hydrogen-bond acceptors (Lipinski definition) is 5. The van der Waals surface area contributed by atoms with Crippen LogP contribution in [0.1, 0.15) is 11.6 Å². The van der Waals surface area contributed by atoms with Crippen molar-refractivity contribution < 1.29 is 14.3 Å². The van der Waals surface area contributed by atoms with E-state index >= 15 is 0 Å². The molecule has 8 nitrogen and oxygen atoms in total. The molecule has 0 saturated heterocycles. The van der Waals surface area contributed by atoms with Crippen LogP contribution in [0.15, 0.2) is 21.7 Å². The van der Waals surface area contributed by atoms with Gasteiger partial charge in [-0.05, 0) is 23.2 Å². The van der Waals surface area contributed by atoms with Gasteiger partial charge in [-0.2, -0.15) is 0 Å². The van der Waals surface area contributed by atoms with Crippen molar-refractivity contribution in [2.24, 2.45) is 10.8 Å². The molecule has 0 aromatic heterocycles. The quantitative estimate of drug-likeness (QED) is 0.319. The first kappa shape index (κ1) is 17.1. The highest BCUT2D eigenvalue weighted by atomic mass is 79.9. The number of nitrogens with zero attached hydrogens (tertiary/aromatic N) is 3. The van der Waals surface area contributed by atoms with E-state index in [1.165, 1.54) is 14.2 Å². The summed E-state index contributed by atoms with van der Waals surface area (Å²) in [6.45, 7) is 0.531. The third-order valence-corrected chi connectivity index (χ3v) is 3.41. The Morgan fingerprint density at radius 3 is 2.62 bits per heavy atom. The van der Waals surface area contributed by atoms with Gasteiger partial charge in [-0.1, -0.05) is 21.0 Å². The maximum atomic E-state index is 11.6. The summed E-state index contributed by atoms with van der Waals surface area (Å²) in [6, 6.07) is 2.62. The first-order valence-electron chi connectivity index (χ1n) is 6.00. The SMILES string of the molecule is COc1cc(Br)c(C(NCCN=[N+]=[N-])C(N)=O)cc1OC. The lowest BCUT2D eigenvalue weighted by atomic mass is 10.1. The predicted octanol–water partition coefficient (Wildman–Crippen LogP) is 1.89. The fourth-order valence-corrected chi connectivity index (χ4v) is 2.31. The minimum atomic E-state index is -0.743. The van der Waals surface area contributed by atoms with Gasteiger partial charge in [0.2, 0.25) is 5.91 Å². The Morgan fingerprint density at radius 2 is 2.10 bits per heavy atom. The molecule has 0 heterocycles. The summed E-state index contributed by atoms with van der Waals surface area (Å²) >= 11 is 3.38. The molecule has 9 heteroatoms. The number of amides is 1. The lowest BCUT2D eigenvalue weighted by molar-refractivity contribution is -0.120. The van der Waals surface area contributed by atoms with Crippen LogP contribution in [-0.2, 0) is 4.79 Å². The number of halogens is 1. The van der Waals surface area contributed by atoms with Crippen molar-refractivity contribution in [1.82, 2.24) is 5.32 Å². The molecule has 21 heavy (non-hydrogen) atoms. The summed E-state index contributed by atoms with van der Waals surface area (Å²) in [5, 5.41) is 6.32. The summed E-state index contributed by atoms with van der Waals surface area (Å²) in [5.41, 5.74) is 14.3. The molecular weight excluding hydrogens is 342 g/mol. The molecule has 0 aliphatic heterocycles. The minimum Gasteiger partial charge on any atom is -0.493 e. The molecule has 0 fully saturated rings. The Hall–Kier alpha value is -1.96. The van der Waals surface area contributed by atoms with Crippen LogP contribution >= 0.6 is 15.9 Å². The normalized spacial score (nSPS) is 11.4. The van der Waals surface area contributed by atoms with E-state index in [1.807, 2.05) is 0 Å². The van der Waals surface area contributed by atoms with Crippen molar-refractivity contribution >= 4 is 21.8 Å². The smallest absolute Gasteiger partial charge is 0.239 e. The Balaban J connectivity index is 3.07. The first-order valence-corrected chi connectivity index (χ1v) is 6.79. The number of methoxy groups -OCH3 is 2. The Kier molecular flexibility index (Phi) is 6.80. The van der Waals surface area contributed by atoms with E-state index in [9.17, 15) is 4.79 Å². The summed E-state index contributed by atoms with van der Waals surface area (Å²) in [7, 11) is 3.03. The van der Waals surface area contributed by atoms with Gasteiger partial charge in [-0.3, -0.25) is 4.79 Å². The van der Waals surface area contributed by atoms with E-state index in [1.54, 1.807) is 12.1 Å². The third kappa shape index (κ3) is 4.52. The van der Waals surface area contributed by atoms with Crippen LogP contribution in [0.4, 0.5) is 0 Å². The number of azide groups is 1. The van der Waals surface area contributed by atoms with Crippen LogP contribution in [0.5, 0.6) is 11.5 Å². The lowest BCUT2D eigenvalue weighted by Crippen LogP contribution is -2.35. The van der Waals surface area contributed by atoms with E-state index in [-0.39, 0.29) is 6.54 Å². The highest BCUT2D eigenvalue weighted by Gasteiger charge is 2.22. The fourth-order valence-electron chi connectivity index (χ4n) is 1.76. The van der Waals surface area contributed by atoms with Crippen molar-refractivity contribution in [3.63, 3.8) is 0 Å². The molecule has 1 aromatic carbocycles. The molecule has 0 spiro atoms. The number of carbonyl (C=O) groups excluding carboxylic acids is 1. The van der Waals surface area contributed by atoms with Crippen LogP contribution < -0.4 is 20.5 Å². The van der Waals surface area contributed by atoms with Crippen LogP contribution in [0.2, 0.25) is 0 Å². The molecule has 3 N–H and O–H groups in total. The van der Waals surface area contributed by atoms with Crippen molar-refractivity contribution in [1.29, 1.82) is 0 Å². The second-order valence-corrected chi connectivity index (χ2v) is 4.83. The first-order chi connectivity index (χ1) is 10.0. The van der Waals surface area contributed by atoms with Crippen LogP contribution in [0.3, 0.4) is 0 Å². The topological polar surface area (TPSA) is 122 Å². The van der Waals surface area contributed by atoms with Crippen LogP contribution in [0.25, 0.3) is 10.4 Å². The van der Waals surface area contributed by atoms with Gasteiger partial charge in [-0.15, -0.1) is 0 Å². The second kappa shape index (κ2) is 8.35.